The number of halogens is 3. The number of carbonyl (C=O) groups is 1. The molecular weight excluding hydrogens is 269 g/mol. The van der Waals surface area contributed by atoms with E-state index in [0.29, 0.717) is 13.1 Å². The van der Waals surface area contributed by atoms with Gasteiger partial charge in [0.05, 0.1) is 12.0 Å². The number of carbonyl (C=O) groups excluding carboxylic acids is 1. The molecule has 1 aliphatic heterocycles. The fraction of sp³-hybridized carbons (Fsp3) is 0.500. The first kappa shape index (κ1) is 14.8. The van der Waals surface area contributed by atoms with Gasteiger partial charge in [0.2, 0.25) is 5.91 Å². The first-order valence-electron chi connectivity index (χ1n) is 6.58. The topological polar surface area (TPSA) is 46.3 Å². The second-order valence-corrected chi connectivity index (χ2v) is 4.95. The zero-order chi connectivity index (χ0) is 14.8. The number of hydrogen-bond acceptors (Lipinski definition) is 2. The molecule has 1 amide bonds. The van der Waals surface area contributed by atoms with E-state index in [1.54, 1.807) is 4.90 Å². The molecule has 1 saturated heterocycles. The van der Waals surface area contributed by atoms with Gasteiger partial charge in [-0.25, -0.2) is 0 Å². The molecule has 0 aromatic heterocycles. The highest BCUT2D eigenvalue weighted by atomic mass is 19.4. The summed E-state index contributed by atoms with van der Waals surface area (Å²) in [5, 5.41) is 0. The number of benzene rings is 1. The predicted molar refractivity (Wildman–Crippen MR) is 68.9 cm³/mol. The van der Waals surface area contributed by atoms with E-state index in [1.165, 1.54) is 18.2 Å². The van der Waals surface area contributed by atoms with Gasteiger partial charge in [-0.2, -0.15) is 13.2 Å². The summed E-state index contributed by atoms with van der Waals surface area (Å²) in [7, 11) is 0. The smallest absolute Gasteiger partial charge is 0.338 e. The molecule has 2 N–H and O–H groups in total. The average Bonchev–Trinajstić information content (AvgIpc) is 2.86. The zero-order valence-electron chi connectivity index (χ0n) is 11.0. The summed E-state index contributed by atoms with van der Waals surface area (Å²) in [6, 6.07) is 5.17. The minimum Gasteiger partial charge on any atom is -0.338 e. The van der Waals surface area contributed by atoms with Crippen molar-refractivity contribution in [3.8, 4) is 0 Å². The molecule has 0 aliphatic carbocycles. The first-order chi connectivity index (χ1) is 9.43. The van der Waals surface area contributed by atoms with Crippen LogP contribution in [0.5, 0.6) is 0 Å². The van der Waals surface area contributed by atoms with Crippen LogP contribution in [0.4, 0.5) is 13.2 Å². The van der Waals surface area contributed by atoms with E-state index in [-0.39, 0.29) is 23.9 Å². The summed E-state index contributed by atoms with van der Waals surface area (Å²) < 4.78 is 38.6. The Balaban J connectivity index is 2.16. The Morgan fingerprint density at radius 3 is 2.70 bits per heavy atom. The van der Waals surface area contributed by atoms with Gasteiger partial charge in [-0.05, 0) is 24.5 Å². The number of amides is 1. The van der Waals surface area contributed by atoms with E-state index in [1.807, 2.05) is 0 Å². The molecule has 0 bridgehead atoms. The normalized spacial score (nSPS) is 19.4. The summed E-state index contributed by atoms with van der Waals surface area (Å²) in [5.41, 5.74) is 4.86. The van der Waals surface area contributed by atoms with Crippen LogP contribution in [-0.2, 0) is 17.4 Å². The number of nitrogens with zero attached hydrogens (tertiary/aromatic N) is 1. The summed E-state index contributed by atoms with van der Waals surface area (Å²) in [6.07, 6.45) is -2.99. The van der Waals surface area contributed by atoms with Gasteiger partial charge in [-0.1, -0.05) is 18.2 Å². The second-order valence-electron chi connectivity index (χ2n) is 4.95. The molecule has 110 valence electrons. The van der Waals surface area contributed by atoms with E-state index in [2.05, 4.69) is 0 Å². The molecule has 2 rings (SSSR count). The van der Waals surface area contributed by atoms with Crippen molar-refractivity contribution >= 4 is 5.91 Å². The summed E-state index contributed by atoms with van der Waals surface area (Å²) in [6.45, 7) is 0.932. The molecule has 1 aliphatic rings. The molecule has 1 atom stereocenters. The number of nitrogens with two attached hydrogens (primary N) is 1. The third kappa shape index (κ3) is 3.12. The summed E-state index contributed by atoms with van der Waals surface area (Å²) in [4.78, 5) is 13.8. The van der Waals surface area contributed by atoms with Crippen LogP contribution in [0.1, 0.15) is 24.0 Å². The lowest BCUT2D eigenvalue weighted by atomic mass is 10.0. The van der Waals surface area contributed by atoms with Gasteiger partial charge in [0.15, 0.2) is 0 Å². The van der Waals surface area contributed by atoms with Gasteiger partial charge in [0.25, 0.3) is 0 Å². The van der Waals surface area contributed by atoms with Gasteiger partial charge in [-0.3, -0.25) is 4.79 Å². The summed E-state index contributed by atoms with van der Waals surface area (Å²) >= 11 is 0. The van der Waals surface area contributed by atoms with Crippen LogP contribution >= 0.6 is 0 Å². The molecule has 3 nitrogen and oxygen atoms in total. The molecule has 0 saturated carbocycles. The third-order valence-electron chi connectivity index (χ3n) is 3.63. The minimum atomic E-state index is -4.44. The van der Waals surface area contributed by atoms with Crippen molar-refractivity contribution in [1.82, 2.24) is 4.90 Å². The van der Waals surface area contributed by atoms with E-state index in [9.17, 15) is 18.0 Å². The average molecular weight is 286 g/mol. The highest BCUT2D eigenvalue weighted by Gasteiger charge is 2.34. The Labute approximate surface area is 115 Å². The van der Waals surface area contributed by atoms with Crippen LogP contribution in [-0.4, -0.2) is 29.9 Å². The zero-order valence-corrected chi connectivity index (χ0v) is 11.0. The Kier molecular flexibility index (Phi) is 4.32. The number of alkyl halides is 3. The molecule has 0 unspecified atom stereocenters. The van der Waals surface area contributed by atoms with Crippen molar-refractivity contribution in [3.05, 3.63) is 35.4 Å². The fourth-order valence-corrected chi connectivity index (χ4v) is 2.62. The predicted octanol–water partition coefficient (Wildman–Crippen LogP) is 2.20. The quantitative estimate of drug-likeness (QED) is 0.926. The highest BCUT2D eigenvalue weighted by Crippen LogP contribution is 2.32. The van der Waals surface area contributed by atoms with Crippen LogP contribution in [0, 0.1) is 0 Å². The van der Waals surface area contributed by atoms with Crippen molar-refractivity contribution in [2.24, 2.45) is 5.73 Å². The maximum Gasteiger partial charge on any atom is 0.416 e. The minimum absolute atomic E-state index is 0.0210. The molecule has 1 aromatic carbocycles. The van der Waals surface area contributed by atoms with Crippen molar-refractivity contribution < 1.29 is 18.0 Å². The van der Waals surface area contributed by atoms with Crippen LogP contribution in [0.15, 0.2) is 24.3 Å². The molecule has 0 spiro atoms. The monoisotopic (exact) mass is 286 g/mol. The molecule has 6 heteroatoms. The standard InChI is InChI=1S/C14H17F3N2O/c15-14(16,17)12-6-2-1-4-10(12)8-13(20)19-7-3-5-11(19)9-18/h1-2,4,6,11H,3,5,7-9,18H2/t11-/m1/s1. The molecule has 0 radical (unpaired) electrons. The van der Waals surface area contributed by atoms with Crippen LogP contribution in [0.3, 0.4) is 0 Å². The molecule has 1 aromatic rings. The largest absolute Gasteiger partial charge is 0.416 e. The first-order valence-corrected chi connectivity index (χ1v) is 6.58. The van der Waals surface area contributed by atoms with E-state index in [4.69, 9.17) is 5.73 Å². The number of hydrogen-bond donors (Lipinski definition) is 1. The molecule has 1 fully saturated rings. The van der Waals surface area contributed by atoms with Crippen LogP contribution in [0.2, 0.25) is 0 Å². The highest BCUT2D eigenvalue weighted by molar-refractivity contribution is 5.79. The lowest BCUT2D eigenvalue weighted by Crippen LogP contribution is -2.40. The number of likely N-dealkylation sites (tertiary alicyclic amines) is 1. The summed E-state index contributed by atoms with van der Waals surface area (Å²) in [5.74, 6) is -0.283. The maximum absolute atomic E-state index is 12.9. The van der Waals surface area contributed by atoms with Gasteiger partial charge < -0.3 is 10.6 Å². The van der Waals surface area contributed by atoms with E-state index >= 15 is 0 Å². The molecular formula is C14H17F3N2O. The maximum atomic E-state index is 12.9. The Bertz CT molecular complexity index is 488. The third-order valence-corrected chi connectivity index (χ3v) is 3.63. The number of rotatable bonds is 3. The van der Waals surface area contributed by atoms with Crippen molar-refractivity contribution in [3.63, 3.8) is 0 Å². The molecule has 1 heterocycles. The van der Waals surface area contributed by atoms with E-state index in [0.717, 1.165) is 18.9 Å². The van der Waals surface area contributed by atoms with Crippen molar-refractivity contribution in [2.45, 2.75) is 31.5 Å². The van der Waals surface area contributed by atoms with Crippen LogP contribution < -0.4 is 5.73 Å². The van der Waals surface area contributed by atoms with Gasteiger partial charge in [0.1, 0.15) is 0 Å². The SMILES string of the molecule is NC[C@H]1CCCN1C(=O)Cc1ccccc1C(F)(F)F. The van der Waals surface area contributed by atoms with Gasteiger partial charge >= 0.3 is 6.18 Å². The Hall–Kier alpha value is -1.56. The lowest BCUT2D eigenvalue weighted by Gasteiger charge is -2.24. The lowest BCUT2D eigenvalue weighted by molar-refractivity contribution is -0.138. The van der Waals surface area contributed by atoms with Crippen molar-refractivity contribution in [2.75, 3.05) is 13.1 Å². The van der Waals surface area contributed by atoms with Crippen LogP contribution in [0.25, 0.3) is 0 Å². The Morgan fingerprint density at radius 2 is 2.05 bits per heavy atom. The van der Waals surface area contributed by atoms with Gasteiger partial charge in [-0.15, -0.1) is 0 Å². The fourth-order valence-electron chi connectivity index (χ4n) is 2.62. The Morgan fingerprint density at radius 1 is 1.35 bits per heavy atom. The molecule has 20 heavy (non-hydrogen) atoms. The van der Waals surface area contributed by atoms with E-state index < -0.39 is 11.7 Å². The van der Waals surface area contributed by atoms with Gasteiger partial charge in [0, 0.05) is 19.1 Å². The second kappa shape index (κ2) is 5.83. The van der Waals surface area contributed by atoms with Crippen molar-refractivity contribution in [1.29, 1.82) is 0 Å².